The van der Waals surface area contributed by atoms with Gasteiger partial charge in [0.1, 0.15) is 29.5 Å². The van der Waals surface area contributed by atoms with Crippen LogP contribution in [0, 0.1) is 5.82 Å². The number of nitrogens with zero attached hydrogens (tertiary/aromatic N) is 5. The van der Waals surface area contributed by atoms with Crippen LogP contribution in [0.4, 0.5) is 4.39 Å². The van der Waals surface area contributed by atoms with E-state index in [0.717, 1.165) is 56.5 Å². The van der Waals surface area contributed by atoms with Crippen LogP contribution in [0.3, 0.4) is 0 Å². The average Bonchev–Trinajstić information content (AvgIpc) is 3.60. The highest BCUT2D eigenvalue weighted by Gasteiger charge is 2.16. The second kappa shape index (κ2) is 9.18. The number of likely N-dealkylation sites (N-methyl/N-ethyl adjacent to an activating group) is 1. The van der Waals surface area contributed by atoms with E-state index < -0.39 is 0 Å². The van der Waals surface area contributed by atoms with Gasteiger partial charge in [0, 0.05) is 48.4 Å². The number of aromatic amines is 2. The normalized spacial score (nSPS) is 11.7. The monoisotopic (exact) mass is 495 g/mol. The molecule has 0 fully saturated rings. The summed E-state index contributed by atoms with van der Waals surface area (Å²) >= 11 is 0. The van der Waals surface area contributed by atoms with Gasteiger partial charge >= 0.3 is 0 Å². The molecule has 2 aromatic carbocycles. The number of pyridine rings is 1. The van der Waals surface area contributed by atoms with Crippen molar-refractivity contribution in [2.45, 2.75) is 0 Å². The zero-order valence-electron chi connectivity index (χ0n) is 20.8. The molecule has 0 aliphatic heterocycles. The molecule has 2 N–H and O–H groups in total. The first-order valence-electron chi connectivity index (χ1n) is 12.0. The van der Waals surface area contributed by atoms with Gasteiger partial charge in [-0.2, -0.15) is 10.2 Å². The molecule has 4 aromatic heterocycles. The van der Waals surface area contributed by atoms with E-state index in [1.54, 1.807) is 10.9 Å². The third-order valence-corrected chi connectivity index (χ3v) is 6.38. The van der Waals surface area contributed by atoms with Gasteiger partial charge in [-0.25, -0.2) is 9.37 Å². The Bertz CT molecular complexity index is 1730. The van der Waals surface area contributed by atoms with Crippen molar-refractivity contribution in [2.75, 3.05) is 27.2 Å². The maximum Gasteiger partial charge on any atom is 0.138 e. The topological polar surface area (TPSA) is 87.7 Å². The fraction of sp³-hybridized carbons (Fsp3) is 0.179. The van der Waals surface area contributed by atoms with Gasteiger partial charge in [-0.05, 0) is 67.2 Å². The molecule has 8 nitrogen and oxygen atoms in total. The zero-order valence-corrected chi connectivity index (χ0v) is 20.8. The van der Waals surface area contributed by atoms with E-state index in [0.29, 0.717) is 18.0 Å². The van der Waals surface area contributed by atoms with Gasteiger partial charge in [0.2, 0.25) is 0 Å². The third-order valence-electron chi connectivity index (χ3n) is 6.38. The van der Waals surface area contributed by atoms with Crippen LogP contribution in [0.15, 0.2) is 67.1 Å². The summed E-state index contributed by atoms with van der Waals surface area (Å²) in [6.07, 6.45) is 5.55. The molecule has 0 amide bonds. The minimum atomic E-state index is -0.348. The molecule has 37 heavy (non-hydrogen) atoms. The Kier molecular flexibility index (Phi) is 5.69. The molecule has 6 rings (SSSR count). The molecule has 0 aliphatic rings. The Morgan fingerprint density at radius 1 is 1.00 bits per heavy atom. The van der Waals surface area contributed by atoms with Crippen LogP contribution in [0.25, 0.3) is 55.6 Å². The third kappa shape index (κ3) is 4.45. The summed E-state index contributed by atoms with van der Waals surface area (Å²) < 4.78 is 22.1. The van der Waals surface area contributed by atoms with E-state index in [1.165, 1.54) is 12.1 Å². The number of hydrogen-bond donors (Lipinski definition) is 2. The Labute approximate surface area is 212 Å². The summed E-state index contributed by atoms with van der Waals surface area (Å²) in [4.78, 5) is 9.94. The number of aryl methyl sites for hydroxylation is 1. The lowest BCUT2D eigenvalue weighted by molar-refractivity contribution is 0.260. The number of hydrogen-bond acceptors (Lipinski definition) is 5. The van der Waals surface area contributed by atoms with E-state index in [1.807, 2.05) is 68.8 Å². The van der Waals surface area contributed by atoms with Crippen molar-refractivity contribution in [3.05, 3.63) is 72.9 Å². The Morgan fingerprint density at radius 2 is 1.89 bits per heavy atom. The zero-order chi connectivity index (χ0) is 25.5. The van der Waals surface area contributed by atoms with Crippen LogP contribution in [-0.2, 0) is 7.05 Å². The molecule has 0 saturated carbocycles. The standard InChI is InChI=1S/C28H26FN7O/c1-35(2)8-9-37-21-11-18(10-20(29)13-21)22-6-7-30-28-23(22)14-26(32-28)27-24-12-17(4-5-25(24)33-34-27)19-15-31-36(3)16-19/h4-7,10-16H,8-9H2,1-3H3,(H,30,32)(H,33,34). The summed E-state index contributed by atoms with van der Waals surface area (Å²) in [6.45, 7) is 1.22. The molecule has 0 spiro atoms. The highest BCUT2D eigenvalue weighted by molar-refractivity contribution is 6.00. The van der Waals surface area contributed by atoms with Crippen molar-refractivity contribution in [1.29, 1.82) is 0 Å². The van der Waals surface area contributed by atoms with E-state index in [2.05, 4.69) is 31.3 Å². The molecule has 0 aliphatic carbocycles. The summed E-state index contributed by atoms with van der Waals surface area (Å²) in [6, 6.07) is 14.9. The Hall–Kier alpha value is -4.50. The predicted octanol–water partition coefficient (Wildman–Crippen LogP) is 5.25. The van der Waals surface area contributed by atoms with Crippen LogP contribution in [0.1, 0.15) is 0 Å². The second-order valence-corrected chi connectivity index (χ2v) is 9.37. The number of aromatic nitrogens is 6. The minimum Gasteiger partial charge on any atom is -0.492 e. The molecule has 0 saturated heterocycles. The number of nitrogens with one attached hydrogen (secondary N) is 2. The number of H-pyrrole nitrogens is 2. The SMILES string of the molecule is CN(C)CCOc1cc(F)cc(-c2ccnc3[nH]c(-c4n[nH]c5ccc(-c6cnn(C)c6)cc45)cc23)c1. The molecule has 4 heterocycles. The maximum atomic E-state index is 14.5. The van der Waals surface area contributed by atoms with E-state index >= 15 is 0 Å². The van der Waals surface area contributed by atoms with Crippen molar-refractivity contribution in [1.82, 2.24) is 34.8 Å². The van der Waals surface area contributed by atoms with Crippen molar-refractivity contribution < 1.29 is 9.13 Å². The van der Waals surface area contributed by atoms with Crippen LogP contribution in [0.2, 0.25) is 0 Å². The second-order valence-electron chi connectivity index (χ2n) is 9.37. The number of fused-ring (bicyclic) bond motifs is 2. The van der Waals surface area contributed by atoms with Gasteiger partial charge < -0.3 is 14.6 Å². The van der Waals surface area contributed by atoms with Gasteiger partial charge in [-0.1, -0.05) is 6.07 Å². The number of benzene rings is 2. The van der Waals surface area contributed by atoms with Crippen molar-refractivity contribution in [3.8, 4) is 39.4 Å². The van der Waals surface area contributed by atoms with E-state index in [-0.39, 0.29) is 5.82 Å². The van der Waals surface area contributed by atoms with Crippen molar-refractivity contribution in [2.24, 2.45) is 7.05 Å². The molecule has 0 atom stereocenters. The Balaban J connectivity index is 1.40. The first-order valence-corrected chi connectivity index (χ1v) is 12.0. The summed E-state index contributed by atoms with van der Waals surface area (Å²) in [5.41, 5.74) is 6.92. The van der Waals surface area contributed by atoms with Crippen LogP contribution in [0.5, 0.6) is 5.75 Å². The largest absolute Gasteiger partial charge is 0.492 e. The molecular weight excluding hydrogens is 469 g/mol. The predicted molar refractivity (Wildman–Crippen MR) is 143 cm³/mol. The maximum absolute atomic E-state index is 14.5. The van der Waals surface area contributed by atoms with Gasteiger partial charge in [-0.3, -0.25) is 9.78 Å². The van der Waals surface area contributed by atoms with Crippen molar-refractivity contribution >= 4 is 21.9 Å². The van der Waals surface area contributed by atoms with Crippen LogP contribution >= 0.6 is 0 Å². The van der Waals surface area contributed by atoms with Gasteiger partial charge in [0.25, 0.3) is 0 Å². The first kappa shape index (κ1) is 22.9. The molecule has 0 unspecified atom stereocenters. The lowest BCUT2D eigenvalue weighted by Crippen LogP contribution is -2.19. The quantitative estimate of drug-likeness (QED) is 0.316. The van der Waals surface area contributed by atoms with Crippen LogP contribution in [-0.4, -0.2) is 62.1 Å². The molecule has 6 aromatic rings. The molecule has 9 heteroatoms. The molecule has 0 radical (unpaired) electrons. The molecular formula is C28H26FN7O. The highest BCUT2D eigenvalue weighted by atomic mass is 19.1. The highest BCUT2D eigenvalue weighted by Crippen LogP contribution is 2.35. The van der Waals surface area contributed by atoms with Crippen LogP contribution < -0.4 is 4.74 Å². The average molecular weight is 496 g/mol. The van der Waals surface area contributed by atoms with Gasteiger partial charge in [0.15, 0.2) is 0 Å². The van der Waals surface area contributed by atoms with Gasteiger partial charge in [-0.15, -0.1) is 0 Å². The van der Waals surface area contributed by atoms with E-state index in [9.17, 15) is 4.39 Å². The lowest BCUT2D eigenvalue weighted by atomic mass is 10.0. The summed E-state index contributed by atoms with van der Waals surface area (Å²) in [7, 11) is 5.84. The number of ether oxygens (including phenoxy) is 1. The van der Waals surface area contributed by atoms with Gasteiger partial charge in [0.05, 0.1) is 17.4 Å². The Morgan fingerprint density at radius 3 is 2.70 bits per heavy atom. The fourth-order valence-corrected chi connectivity index (χ4v) is 4.52. The number of rotatable bonds is 7. The summed E-state index contributed by atoms with van der Waals surface area (Å²) in [5, 5.41) is 13.9. The molecule has 186 valence electrons. The van der Waals surface area contributed by atoms with Crippen molar-refractivity contribution in [3.63, 3.8) is 0 Å². The smallest absolute Gasteiger partial charge is 0.138 e. The fourth-order valence-electron chi connectivity index (χ4n) is 4.52. The first-order chi connectivity index (χ1) is 17.9. The summed E-state index contributed by atoms with van der Waals surface area (Å²) in [5.74, 6) is 0.151. The number of halogens is 1. The molecule has 0 bridgehead atoms. The lowest BCUT2D eigenvalue weighted by Gasteiger charge is -2.12. The minimum absolute atomic E-state index is 0.348. The van der Waals surface area contributed by atoms with E-state index in [4.69, 9.17) is 4.74 Å².